The van der Waals surface area contributed by atoms with Gasteiger partial charge in [0.05, 0.1) is 17.4 Å². The van der Waals surface area contributed by atoms with Gasteiger partial charge in [-0.25, -0.2) is 9.55 Å². The van der Waals surface area contributed by atoms with Crippen molar-refractivity contribution in [2.24, 2.45) is 12.2 Å². The predicted molar refractivity (Wildman–Crippen MR) is 154 cm³/mol. The summed E-state index contributed by atoms with van der Waals surface area (Å²) in [6.07, 6.45) is 3.81. The third-order valence-corrected chi connectivity index (χ3v) is 9.92. The van der Waals surface area contributed by atoms with Gasteiger partial charge in [0.25, 0.3) is 11.8 Å². The number of rotatable bonds is 10. The Morgan fingerprint density at radius 2 is 2.05 bits per heavy atom. The lowest BCUT2D eigenvalue weighted by Crippen LogP contribution is -2.71. The molecule has 5 heterocycles. The molecule has 218 valence electrons. The van der Waals surface area contributed by atoms with Crippen LogP contribution in [0.4, 0.5) is 5.13 Å². The van der Waals surface area contributed by atoms with Crippen molar-refractivity contribution >= 4 is 80.9 Å². The van der Waals surface area contributed by atoms with Crippen LogP contribution in [-0.2, 0) is 31.1 Å². The van der Waals surface area contributed by atoms with E-state index in [1.54, 1.807) is 6.92 Å². The van der Waals surface area contributed by atoms with Gasteiger partial charge < -0.3 is 25.4 Å². The van der Waals surface area contributed by atoms with Crippen LogP contribution >= 0.6 is 46.4 Å². The zero-order valence-electron chi connectivity index (χ0n) is 22.2. The number of carboxylic acids is 1. The minimum absolute atomic E-state index is 0.101. The van der Waals surface area contributed by atoms with Gasteiger partial charge in [-0.15, -0.1) is 23.1 Å². The number of nitrogens with zero attached hydrogens (tertiary/aromatic N) is 6. The monoisotopic (exact) mass is 646 g/mol. The maximum absolute atomic E-state index is 13.2. The molecule has 0 aromatic carbocycles. The van der Waals surface area contributed by atoms with Gasteiger partial charge in [-0.1, -0.05) is 16.9 Å². The van der Waals surface area contributed by atoms with E-state index in [-0.39, 0.29) is 40.6 Å². The van der Waals surface area contributed by atoms with Crippen LogP contribution in [0.15, 0.2) is 50.0 Å². The number of hydrogen-bond donors (Lipinski definition) is 2. The number of aromatic nitrogens is 4. The molecule has 3 amide bonds. The zero-order chi connectivity index (χ0) is 30.0. The number of carbonyl (C=O) groups excluding carboxylic acids is 4. The van der Waals surface area contributed by atoms with Crippen molar-refractivity contribution in [3.05, 3.63) is 46.3 Å². The number of thioether (sulfide) groups is 2. The van der Waals surface area contributed by atoms with Gasteiger partial charge in [0.15, 0.2) is 16.7 Å². The molecule has 18 heteroatoms. The summed E-state index contributed by atoms with van der Waals surface area (Å²) in [7, 11) is 1.91. The van der Waals surface area contributed by atoms with E-state index in [0.717, 1.165) is 27.7 Å². The highest BCUT2D eigenvalue weighted by molar-refractivity contribution is 8.07. The lowest BCUT2D eigenvalue weighted by atomic mass is 10.0. The van der Waals surface area contributed by atoms with E-state index in [1.807, 2.05) is 41.5 Å². The van der Waals surface area contributed by atoms with Gasteiger partial charge in [-0.05, 0) is 6.92 Å². The average molecular weight is 647 g/mol. The van der Waals surface area contributed by atoms with Crippen LogP contribution in [0.3, 0.4) is 0 Å². The Morgan fingerprint density at radius 1 is 1.29 bits per heavy atom. The Morgan fingerprint density at radius 3 is 2.74 bits per heavy atom. The molecule has 0 bridgehead atoms. The molecule has 2 N–H and O–H groups in total. The van der Waals surface area contributed by atoms with Crippen molar-refractivity contribution in [1.82, 2.24) is 24.6 Å². The first-order valence-corrected chi connectivity index (χ1v) is 15.8. The van der Waals surface area contributed by atoms with Crippen LogP contribution in [0.5, 0.6) is 0 Å². The highest BCUT2D eigenvalue weighted by Gasteiger charge is 2.53. The molecule has 2 aliphatic heterocycles. The molecule has 0 radical (unpaired) electrons. The molecule has 0 saturated carbocycles. The predicted octanol–water partition coefficient (Wildman–Crippen LogP) is 0.339. The first-order chi connectivity index (χ1) is 20.2. The molecule has 1 saturated heterocycles. The van der Waals surface area contributed by atoms with Crippen LogP contribution in [0.1, 0.15) is 19.7 Å². The SMILES string of the molecule is CCO/N=C(/C(=O)NC1C(=O)N2C(C(=O)[O-])=C(Sc3nc(-c4cc[n+](C)cc4)cs3)CSC12)c1nsc(NC(C)=O)n1. The zero-order valence-corrected chi connectivity index (χ0v) is 25.5. The van der Waals surface area contributed by atoms with E-state index in [2.05, 4.69) is 30.1 Å². The summed E-state index contributed by atoms with van der Waals surface area (Å²) in [4.78, 5) is 65.1. The van der Waals surface area contributed by atoms with Crippen molar-refractivity contribution in [2.45, 2.75) is 29.6 Å². The molecule has 42 heavy (non-hydrogen) atoms. The maximum Gasteiger partial charge on any atom is 0.278 e. The second-order valence-electron chi connectivity index (χ2n) is 8.74. The fourth-order valence-corrected chi connectivity index (χ4v) is 7.99. The number of fused-ring (bicyclic) bond motifs is 1. The lowest BCUT2D eigenvalue weighted by molar-refractivity contribution is -0.671. The number of anilines is 1. The number of oxime groups is 1. The van der Waals surface area contributed by atoms with Gasteiger partial charge in [0.2, 0.25) is 22.6 Å². The van der Waals surface area contributed by atoms with Gasteiger partial charge in [0.1, 0.15) is 25.1 Å². The normalized spacial score (nSPS) is 18.3. The second kappa shape index (κ2) is 12.6. The molecular formula is C24H22N8O6S4. The van der Waals surface area contributed by atoms with Gasteiger partial charge in [0, 0.05) is 52.2 Å². The summed E-state index contributed by atoms with van der Waals surface area (Å²) in [5.41, 5.74) is 1.14. The van der Waals surface area contributed by atoms with Gasteiger partial charge in [-0.2, -0.15) is 9.36 Å². The summed E-state index contributed by atoms with van der Waals surface area (Å²) >= 11 is 4.69. The largest absolute Gasteiger partial charge is 0.543 e. The molecule has 14 nitrogen and oxygen atoms in total. The summed E-state index contributed by atoms with van der Waals surface area (Å²) in [6.45, 7) is 3.12. The van der Waals surface area contributed by atoms with E-state index in [1.165, 1.54) is 41.8 Å². The van der Waals surface area contributed by atoms with Crippen LogP contribution < -0.4 is 20.3 Å². The van der Waals surface area contributed by atoms with E-state index in [0.29, 0.717) is 9.24 Å². The number of aliphatic carboxylic acids is 1. The quantitative estimate of drug-likeness (QED) is 0.134. The lowest BCUT2D eigenvalue weighted by Gasteiger charge is -2.50. The Hall–Kier alpha value is -3.87. The van der Waals surface area contributed by atoms with Crippen molar-refractivity contribution in [3.63, 3.8) is 0 Å². The third-order valence-electron chi connectivity index (χ3n) is 5.80. The van der Waals surface area contributed by atoms with E-state index >= 15 is 0 Å². The molecule has 3 aromatic rings. The second-order valence-corrected chi connectivity index (χ2v) is 12.8. The highest BCUT2D eigenvalue weighted by Crippen LogP contribution is 2.45. The van der Waals surface area contributed by atoms with Crippen molar-refractivity contribution in [2.75, 3.05) is 17.7 Å². The average Bonchev–Trinajstić information content (AvgIpc) is 3.61. The maximum atomic E-state index is 13.2. The summed E-state index contributed by atoms with van der Waals surface area (Å²) in [6, 6.07) is 2.83. The number of thiazole rings is 1. The fraction of sp³-hybridized carbons (Fsp3) is 0.292. The van der Waals surface area contributed by atoms with Crippen LogP contribution in [0.25, 0.3) is 11.3 Å². The minimum atomic E-state index is -1.50. The standard InChI is InChI=1S/C24H22N8O6S4/c1-4-38-29-15(18-28-23(42-30-18)25-11(2)33)19(34)27-16-20(35)32-17(22(36)37)14(10-39-21(16)32)41-24-26-13(9-40-24)12-5-7-31(3)8-6-12/h5-9,16,21H,4,10H2,1-3H3,(H2-,25,27,28,30,33,34,36,37)/b29-15+. The van der Waals surface area contributed by atoms with Crippen molar-refractivity contribution < 1.29 is 33.7 Å². The molecule has 2 aliphatic rings. The molecule has 1 fully saturated rings. The third kappa shape index (κ3) is 6.15. The number of aryl methyl sites for hydroxylation is 1. The van der Waals surface area contributed by atoms with Crippen LogP contribution in [0.2, 0.25) is 0 Å². The number of nitrogens with one attached hydrogen (secondary N) is 2. The number of β-lactam (4-membered cyclic amide) rings is 1. The van der Waals surface area contributed by atoms with E-state index < -0.39 is 29.2 Å². The molecule has 5 rings (SSSR count). The Kier molecular flexibility index (Phi) is 8.85. The first-order valence-electron chi connectivity index (χ1n) is 12.3. The fourth-order valence-electron chi connectivity index (χ4n) is 3.92. The number of amides is 3. The summed E-state index contributed by atoms with van der Waals surface area (Å²) in [5.74, 6) is -3.11. The first kappa shape index (κ1) is 29.6. The van der Waals surface area contributed by atoms with Crippen LogP contribution in [-0.4, -0.2) is 72.4 Å². The van der Waals surface area contributed by atoms with Crippen molar-refractivity contribution in [1.29, 1.82) is 0 Å². The highest BCUT2D eigenvalue weighted by atomic mass is 32.2. The molecule has 2 atom stereocenters. The van der Waals surface area contributed by atoms with E-state index in [9.17, 15) is 24.3 Å². The van der Waals surface area contributed by atoms with Crippen molar-refractivity contribution in [3.8, 4) is 11.3 Å². The Labute approximate surface area is 255 Å². The van der Waals surface area contributed by atoms with E-state index in [4.69, 9.17) is 4.84 Å². The topological polar surface area (TPSA) is 183 Å². The molecule has 0 spiro atoms. The summed E-state index contributed by atoms with van der Waals surface area (Å²) in [5, 5.41) is 22.4. The van der Waals surface area contributed by atoms with Gasteiger partial charge >= 0.3 is 0 Å². The summed E-state index contributed by atoms with van der Waals surface area (Å²) < 4.78 is 6.57. The number of hydrogen-bond acceptors (Lipinski definition) is 14. The Balaban J connectivity index is 1.31. The molecule has 2 unspecified atom stereocenters. The molecule has 3 aromatic heterocycles. The smallest absolute Gasteiger partial charge is 0.278 e. The molecule has 0 aliphatic carbocycles. The molecular weight excluding hydrogens is 625 g/mol. The van der Waals surface area contributed by atoms with Crippen LogP contribution in [0, 0.1) is 0 Å². The number of carbonyl (C=O) groups is 4. The minimum Gasteiger partial charge on any atom is -0.543 e. The number of carboxylic acid groups (broad SMARTS) is 1. The number of pyridine rings is 1. The Bertz CT molecular complexity index is 1620. The van der Waals surface area contributed by atoms with Gasteiger partial charge in [-0.3, -0.25) is 19.3 Å².